The van der Waals surface area contributed by atoms with Crippen LogP contribution in [0, 0.1) is 5.82 Å². The Morgan fingerprint density at radius 1 is 1.29 bits per heavy atom. The standard InChI is InChI=1S/C17H22BrFN2/c1-3-5-17(20-4-2)14-8-9-21(12-14)11-13-6-7-15(18)10-16(13)19/h6-10,12,17,20H,3-5,11H2,1-2H3. The maximum Gasteiger partial charge on any atom is 0.129 e. The van der Waals surface area contributed by atoms with Gasteiger partial charge in [0.2, 0.25) is 0 Å². The highest BCUT2D eigenvalue weighted by molar-refractivity contribution is 9.10. The number of hydrogen-bond acceptors (Lipinski definition) is 1. The first kappa shape index (κ1) is 16.2. The van der Waals surface area contributed by atoms with E-state index >= 15 is 0 Å². The molecule has 1 aromatic heterocycles. The second-order valence-corrected chi connectivity index (χ2v) is 6.17. The molecule has 1 heterocycles. The third-order valence-electron chi connectivity index (χ3n) is 3.57. The summed E-state index contributed by atoms with van der Waals surface area (Å²) in [6.45, 7) is 5.83. The lowest BCUT2D eigenvalue weighted by Gasteiger charge is -2.15. The van der Waals surface area contributed by atoms with Crippen LogP contribution in [0.2, 0.25) is 0 Å². The molecule has 0 spiro atoms. The summed E-state index contributed by atoms with van der Waals surface area (Å²) in [5.41, 5.74) is 1.98. The Labute approximate surface area is 134 Å². The average molecular weight is 353 g/mol. The number of aromatic nitrogens is 1. The smallest absolute Gasteiger partial charge is 0.129 e. The van der Waals surface area contributed by atoms with E-state index in [1.165, 1.54) is 11.6 Å². The number of halogens is 2. The van der Waals surface area contributed by atoms with Crippen molar-refractivity contribution >= 4 is 15.9 Å². The van der Waals surface area contributed by atoms with Crippen molar-refractivity contribution < 1.29 is 4.39 Å². The molecule has 0 aliphatic carbocycles. The first-order valence-corrected chi connectivity index (χ1v) is 8.26. The largest absolute Gasteiger partial charge is 0.349 e. The van der Waals surface area contributed by atoms with Crippen molar-refractivity contribution in [2.24, 2.45) is 0 Å². The average Bonchev–Trinajstić information content (AvgIpc) is 2.90. The summed E-state index contributed by atoms with van der Waals surface area (Å²) >= 11 is 3.28. The van der Waals surface area contributed by atoms with Crippen molar-refractivity contribution in [2.75, 3.05) is 6.54 Å². The molecule has 1 aromatic carbocycles. The third kappa shape index (κ3) is 4.42. The summed E-state index contributed by atoms with van der Waals surface area (Å²) in [5.74, 6) is -0.170. The predicted molar refractivity (Wildman–Crippen MR) is 89.0 cm³/mol. The van der Waals surface area contributed by atoms with Gasteiger partial charge in [-0.25, -0.2) is 4.39 Å². The molecule has 2 aromatic rings. The molecule has 0 amide bonds. The molecule has 114 valence electrons. The number of rotatable bonds is 7. The van der Waals surface area contributed by atoms with E-state index in [9.17, 15) is 4.39 Å². The summed E-state index contributed by atoms with van der Waals surface area (Å²) < 4.78 is 16.7. The lowest BCUT2D eigenvalue weighted by molar-refractivity contribution is 0.508. The number of nitrogens with one attached hydrogen (secondary N) is 1. The lowest BCUT2D eigenvalue weighted by atomic mass is 10.1. The Morgan fingerprint density at radius 2 is 2.10 bits per heavy atom. The van der Waals surface area contributed by atoms with Gasteiger partial charge in [-0.2, -0.15) is 0 Å². The van der Waals surface area contributed by atoms with Gasteiger partial charge in [0.05, 0.1) is 0 Å². The fourth-order valence-electron chi connectivity index (χ4n) is 2.53. The van der Waals surface area contributed by atoms with Crippen LogP contribution in [0.1, 0.15) is 43.9 Å². The maximum absolute atomic E-state index is 13.9. The number of hydrogen-bond donors (Lipinski definition) is 1. The predicted octanol–water partition coefficient (Wildman–Crippen LogP) is 4.89. The van der Waals surface area contributed by atoms with Crippen LogP contribution in [0.3, 0.4) is 0 Å². The minimum Gasteiger partial charge on any atom is -0.349 e. The Morgan fingerprint density at radius 3 is 2.76 bits per heavy atom. The van der Waals surface area contributed by atoms with Crippen molar-refractivity contribution in [2.45, 2.75) is 39.3 Å². The van der Waals surface area contributed by atoms with Gasteiger partial charge in [0.15, 0.2) is 0 Å². The zero-order valence-electron chi connectivity index (χ0n) is 12.6. The molecular weight excluding hydrogens is 331 g/mol. The van der Waals surface area contributed by atoms with E-state index in [0.29, 0.717) is 18.2 Å². The molecule has 1 unspecified atom stereocenters. The second-order valence-electron chi connectivity index (χ2n) is 5.25. The molecule has 1 N–H and O–H groups in total. The van der Waals surface area contributed by atoms with Crippen LogP contribution in [0.4, 0.5) is 4.39 Å². The highest BCUT2D eigenvalue weighted by atomic mass is 79.9. The molecule has 0 radical (unpaired) electrons. The summed E-state index contributed by atoms with van der Waals surface area (Å²) in [4.78, 5) is 0. The quantitative estimate of drug-likeness (QED) is 0.750. The molecule has 21 heavy (non-hydrogen) atoms. The zero-order valence-corrected chi connectivity index (χ0v) is 14.2. The molecule has 0 bridgehead atoms. The molecule has 0 saturated heterocycles. The molecule has 1 atom stereocenters. The van der Waals surface area contributed by atoms with Crippen LogP contribution in [-0.2, 0) is 6.54 Å². The van der Waals surface area contributed by atoms with Crippen molar-refractivity contribution in [1.29, 1.82) is 0 Å². The number of benzene rings is 1. The Bertz CT molecular complexity index is 574. The topological polar surface area (TPSA) is 17.0 Å². The summed E-state index contributed by atoms with van der Waals surface area (Å²) in [7, 11) is 0. The van der Waals surface area contributed by atoms with Crippen LogP contribution >= 0.6 is 15.9 Å². The Balaban J connectivity index is 2.11. The fourth-order valence-corrected chi connectivity index (χ4v) is 2.87. The van der Waals surface area contributed by atoms with Crippen LogP contribution in [0.15, 0.2) is 41.1 Å². The second kappa shape index (κ2) is 7.76. The van der Waals surface area contributed by atoms with Gasteiger partial charge >= 0.3 is 0 Å². The van der Waals surface area contributed by atoms with Crippen LogP contribution in [-0.4, -0.2) is 11.1 Å². The third-order valence-corrected chi connectivity index (χ3v) is 4.06. The van der Waals surface area contributed by atoms with Gasteiger partial charge in [0.25, 0.3) is 0 Å². The lowest BCUT2D eigenvalue weighted by Crippen LogP contribution is -2.20. The summed E-state index contributed by atoms with van der Waals surface area (Å²) in [6, 6.07) is 7.72. The molecule has 0 saturated carbocycles. The monoisotopic (exact) mass is 352 g/mol. The van der Waals surface area contributed by atoms with Crippen LogP contribution < -0.4 is 5.32 Å². The first-order valence-electron chi connectivity index (χ1n) is 7.47. The van der Waals surface area contributed by atoms with Gasteiger partial charge in [-0.05, 0) is 36.7 Å². The van der Waals surface area contributed by atoms with Crippen molar-refractivity contribution in [1.82, 2.24) is 9.88 Å². The van der Waals surface area contributed by atoms with E-state index in [-0.39, 0.29) is 5.82 Å². The molecule has 0 aliphatic heterocycles. The summed E-state index contributed by atoms with van der Waals surface area (Å²) in [6.07, 6.45) is 6.40. The van der Waals surface area contributed by atoms with E-state index in [1.807, 2.05) is 22.9 Å². The summed E-state index contributed by atoms with van der Waals surface area (Å²) in [5, 5.41) is 3.50. The fraction of sp³-hybridized carbons (Fsp3) is 0.412. The van der Waals surface area contributed by atoms with E-state index in [4.69, 9.17) is 0 Å². The Hall–Kier alpha value is -1.13. The molecule has 0 aliphatic rings. The van der Waals surface area contributed by atoms with Gasteiger partial charge in [0.1, 0.15) is 5.82 Å². The first-order chi connectivity index (χ1) is 10.1. The van der Waals surface area contributed by atoms with E-state index in [2.05, 4.69) is 47.4 Å². The number of nitrogens with zero attached hydrogens (tertiary/aromatic N) is 1. The van der Waals surface area contributed by atoms with E-state index < -0.39 is 0 Å². The molecule has 0 fully saturated rings. The van der Waals surface area contributed by atoms with Gasteiger partial charge in [-0.3, -0.25) is 0 Å². The van der Waals surface area contributed by atoms with E-state index in [0.717, 1.165) is 23.9 Å². The SMILES string of the molecule is CCCC(NCC)c1ccn(Cc2ccc(Br)cc2F)c1. The van der Waals surface area contributed by atoms with E-state index in [1.54, 1.807) is 0 Å². The molecule has 2 rings (SSSR count). The minimum atomic E-state index is -0.170. The molecule has 2 nitrogen and oxygen atoms in total. The maximum atomic E-state index is 13.9. The minimum absolute atomic E-state index is 0.170. The highest BCUT2D eigenvalue weighted by Crippen LogP contribution is 2.21. The highest BCUT2D eigenvalue weighted by Gasteiger charge is 2.11. The Kier molecular flexibility index (Phi) is 6.00. The zero-order chi connectivity index (χ0) is 15.2. The van der Waals surface area contributed by atoms with Crippen molar-refractivity contribution in [3.63, 3.8) is 0 Å². The van der Waals surface area contributed by atoms with Gasteiger partial charge < -0.3 is 9.88 Å². The van der Waals surface area contributed by atoms with Gasteiger partial charge in [-0.15, -0.1) is 0 Å². The van der Waals surface area contributed by atoms with Gasteiger partial charge in [-0.1, -0.05) is 42.3 Å². The van der Waals surface area contributed by atoms with Crippen molar-refractivity contribution in [3.8, 4) is 0 Å². The molecule has 4 heteroatoms. The van der Waals surface area contributed by atoms with Crippen molar-refractivity contribution in [3.05, 3.63) is 58.1 Å². The van der Waals surface area contributed by atoms with Crippen LogP contribution in [0.5, 0.6) is 0 Å². The van der Waals surface area contributed by atoms with Gasteiger partial charge in [0, 0.05) is 35.0 Å². The normalized spacial score (nSPS) is 12.6. The van der Waals surface area contributed by atoms with Crippen LogP contribution in [0.25, 0.3) is 0 Å². The molecular formula is C17H22BrFN2.